The number of methoxy groups -OCH3 is 3. The monoisotopic (exact) mass is 326 g/mol. The van der Waals surface area contributed by atoms with Crippen molar-refractivity contribution in [3.05, 3.63) is 47.3 Å². The van der Waals surface area contributed by atoms with E-state index in [2.05, 4.69) is 9.97 Å². The normalized spacial score (nSPS) is 10.7. The lowest BCUT2D eigenvalue weighted by Gasteiger charge is -2.12. The molecule has 0 bridgehead atoms. The van der Waals surface area contributed by atoms with Crippen molar-refractivity contribution in [2.24, 2.45) is 0 Å². The Morgan fingerprint density at radius 1 is 1.04 bits per heavy atom. The van der Waals surface area contributed by atoms with Crippen molar-refractivity contribution in [3.8, 4) is 17.4 Å². The van der Waals surface area contributed by atoms with Crippen LogP contribution in [0, 0.1) is 6.92 Å². The Kier molecular flexibility index (Phi) is 4.12. The maximum Gasteiger partial charge on any atom is 0.215 e. The van der Waals surface area contributed by atoms with Crippen molar-refractivity contribution in [3.63, 3.8) is 0 Å². The van der Waals surface area contributed by atoms with Crippen LogP contribution >= 0.6 is 0 Å². The number of hydrogen-bond donors (Lipinski definition) is 1. The molecule has 0 radical (unpaired) electrons. The third-order valence-electron chi connectivity index (χ3n) is 4.01. The Hall–Kier alpha value is -3.02. The van der Waals surface area contributed by atoms with Gasteiger partial charge >= 0.3 is 0 Å². The molecule has 0 amide bonds. The Labute approximate surface area is 139 Å². The number of aromatic nitrogens is 2. The average Bonchev–Trinajstić information content (AvgIpc) is 3.04. The molecular formula is C18H18N2O4. The van der Waals surface area contributed by atoms with Crippen LogP contribution in [0.3, 0.4) is 0 Å². The van der Waals surface area contributed by atoms with E-state index in [0.29, 0.717) is 28.5 Å². The van der Waals surface area contributed by atoms with E-state index in [4.69, 9.17) is 14.2 Å². The van der Waals surface area contributed by atoms with Crippen LogP contribution in [0.5, 0.6) is 17.4 Å². The minimum absolute atomic E-state index is 0.134. The lowest BCUT2D eigenvalue weighted by atomic mass is 10.0. The molecule has 0 spiro atoms. The Morgan fingerprint density at radius 3 is 2.29 bits per heavy atom. The fraction of sp³-hybridized carbons (Fsp3) is 0.222. The maximum absolute atomic E-state index is 12.9. The van der Waals surface area contributed by atoms with Gasteiger partial charge in [0.1, 0.15) is 11.5 Å². The highest BCUT2D eigenvalue weighted by Gasteiger charge is 2.18. The number of carbonyl (C=O) groups excluding carboxylic acids is 1. The van der Waals surface area contributed by atoms with Crippen molar-refractivity contribution < 1.29 is 19.0 Å². The number of nitrogens with zero attached hydrogens (tertiary/aromatic N) is 1. The molecular weight excluding hydrogens is 308 g/mol. The Balaban J connectivity index is 2.09. The van der Waals surface area contributed by atoms with Crippen LogP contribution in [-0.4, -0.2) is 37.1 Å². The Morgan fingerprint density at radius 2 is 1.71 bits per heavy atom. The number of fused-ring (bicyclic) bond motifs is 1. The van der Waals surface area contributed by atoms with Crippen molar-refractivity contribution in [1.29, 1.82) is 0 Å². The first-order valence-corrected chi connectivity index (χ1v) is 7.37. The number of aromatic amines is 1. The second-order valence-electron chi connectivity index (χ2n) is 5.31. The highest BCUT2D eigenvalue weighted by molar-refractivity contribution is 6.16. The first-order valence-electron chi connectivity index (χ1n) is 7.37. The predicted octanol–water partition coefficient (Wildman–Crippen LogP) is 3.13. The number of hydrogen-bond acceptors (Lipinski definition) is 5. The quantitative estimate of drug-likeness (QED) is 0.729. The van der Waals surface area contributed by atoms with Crippen LogP contribution in [0.25, 0.3) is 10.9 Å². The van der Waals surface area contributed by atoms with Crippen molar-refractivity contribution in [2.45, 2.75) is 6.92 Å². The predicted molar refractivity (Wildman–Crippen MR) is 90.4 cm³/mol. The second-order valence-corrected chi connectivity index (χ2v) is 5.31. The fourth-order valence-electron chi connectivity index (χ4n) is 2.67. The summed E-state index contributed by atoms with van der Waals surface area (Å²) >= 11 is 0. The minimum Gasteiger partial charge on any atom is -0.496 e. The summed E-state index contributed by atoms with van der Waals surface area (Å²) in [6.45, 7) is 1.88. The topological polar surface area (TPSA) is 73.4 Å². The molecule has 0 aliphatic carbocycles. The van der Waals surface area contributed by atoms with Gasteiger partial charge in [0.15, 0.2) is 5.78 Å². The van der Waals surface area contributed by atoms with Gasteiger partial charge in [-0.1, -0.05) is 0 Å². The maximum atomic E-state index is 12.9. The molecule has 3 rings (SSSR count). The van der Waals surface area contributed by atoms with Crippen LogP contribution in [0.4, 0.5) is 0 Å². The number of benzene rings is 1. The summed E-state index contributed by atoms with van der Waals surface area (Å²) in [7, 11) is 4.68. The number of rotatable bonds is 5. The summed E-state index contributed by atoms with van der Waals surface area (Å²) in [5.41, 5.74) is 2.66. The van der Waals surface area contributed by atoms with Gasteiger partial charge in [-0.05, 0) is 19.1 Å². The van der Waals surface area contributed by atoms with Crippen LogP contribution in [-0.2, 0) is 0 Å². The third-order valence-corrected chi connectivity index (χ3v) is 4.01. The van der Waals surface area contributed by atoms with Gasteiger partial charge in [0, 0.05) is 40.5 Å². The van der Waals surface area contributed by atoms with E-state index >= 15 is 0 Å². The zero-order chi connectivity index (χ0) is 17.3. The second kappa shape index (κ2) is 6.23. The van der Waals surface area contributed by atoms with E-state index in [1.807, 2.05) is 6.92 Å². The van der Waals surface area contributed by atoms with E-state index in [1.165, 1.54) is 0 Å². The lowest BCUT2D eigenvalue weighted by Crippen LogP contribution is -2.03. The number of H-pyrrole nitrogens is 1. The molecule has 1 N–H and O–H groups in total. The molecule has 0 atom stereocenters. The van der Waals surface area contributed by atoms with Gasteiger partial charge in [-0.3, -0.25) is 4.79 Å². The molecule has 1 aromatic carbocycles. The number of carbonyl (C=O) groups is 1. The van der Waals surface area contributed by atoms with Gasteiger partial charge in [0.05, 0.1) is 26.8 Å². The molecule has 0 aliphatic rings. The van der Waals surface area contributed by atoms with Gasteiger partial charge in [-0.15, -0.1) is 0 Å². The number of ether oxygens (including phenoxy) is 3. The average molecular weight is 326 g/mol. The summed E-state index contributed by atoms with van der Waals surface area (Å²) in [4.78, 5) is 20.2. The lowest BCUT2D eigenvalue weighted by molar-refractivity contribution is 0.103. The van der Waals surface area contributed by atoms with E-state index in [1.54, 1.807) is 51.9 Å². The molecule has 3 aromatic rings. The molecule has 0 unspecified atom stereocenters. The van der Waals surface area contributed by atoms with Gasteiger partial charge in [0.2, 0.25) is 5.88 Å². The molecule has 6 heteroatoms. The summed E-state index contributed by atoms with van der Waals surface area (Å²) in [5, 5.41) is 0.735. The first-order chi connectivity index (χ1) is 11.6. The van der Waals surface area contributed by atoms with Crippen LogP contribution < -0.4 is 14.2 Å². The SMILES string of the molecule is COc1cc2[nH]cc(C(=O)c3cc(OC)c(C)c(OC)c3)c2cn1. The van der Waals surface area contributed by atoms with Crippen LogP contribution in [0.2, 0.25) is 0 Å². The summed E-state index contributed by atoms with van der Waals surface area (Å²) < 4.78 is 15.8. The minimum atomic E-state index is -0.134. The molecule has 0 aliphatic heterocycles. The summed E-state index contributed by atoms with van der Waals surface area (Å²) in [6.07, 6.45) is 3.30. The summed E-state index contributed by atoms with van der Waals surface area (Å²) in [6, 6.07) is 5.19. The van der Waals surface area contributed by atoms with Crippen molar-refractivity contribution in [2.75, 3.05) is 21.3 Å². The van der Waals surface area contributed by atoms with E-state index in [-0.39, 0.29) is 5.78 Å². The van der Waals surface area contributed by atoms with E-state index in [0.717, 1.165) is 16.5 Å². The first kappa shape index (κ1) is 15.9. The van der Waals surface area contributed by atoms with Gasteiger partial charge < -0.3 is 19.2 Å². The number of pyridine rings is 1. The molecule has 24 heavy (non-hydrogen) atoms. The van der Waals surface area contributed by atoms with Gasteiger partial charge in [0.25, 0.3) is 0 Å². The van der Waals surface area contributed by atoms with Gasteiger partial charge in [-0.25, -0.2) is 4.98 Å². The van der Waals surface area contributed by atoms with Crippen molar-refractivity contribution in [1.82, 2.24) is 9.97 Å². The van der Waals surface area contributed by atoms with Crippen LogP contribution in [0.1, 0.15) is 21.5 Å². The standard InChI is InChI=1S/C18H18N2O4/c1-10-15(22-2)5-11(6-16(10)23-3)18(21)13-9-19-14-7-17(24-4)20-8-12(13)14/h5-9,19H,1-4H3. The number of ketones is 1. The van der Waals surface area contributed by atoms with E-state index in [9.17, 15) is 4.79 Å². The molecule has 0 saturated heterocycles. The largest absolute Gasteiger partial charge is 0.496 e. The highest BCUT2D eigenvalue weighted by atomic mass is 16.5. The molecule has 0 fully saturated rings. The van der Waals surface area contributed by atoms with Crippen molar-refractivity contribution >= 4 is 16.7 Å². The smallest absolute Gasteiger partial charge is 0.215 e. The zero-order valence-electron chi connectivity index (χ0n) is 14.0. The highest BCUT2D eigenvalue weighted by Crippen LogP contribution is 2.31. The fourth-order valence-corrected chi connectivity index (χ4v) is 2.67. The molecule has 2 heterocycles. The van der Waals surface area contributed by atoms with Gasteiger partial charge in [-0.2, -0.15) is 0 Å². The summed E-state index contributed by atoms with van der Waals surface area (Å²) in [5.74, 6) is 1.57. The van der Waals surface area contributed by atoms with Crippen LogP contribution in [0.15, 0.2) is 30.6 Å². The van der Waals surface area contributed by atoms with E-state index < -0.39 is 0 Å². The third kappa shape index (κ3) is 2.56. The number of nitrogens with one attached hydrogen (secondary N) is 1. The molecule has 2 aromatic heterocycles. The molecule has 0 saturated carbocycles. The molecule has 124 valence electrons. The zero-order valence-corrected chi connectivity index (χ0v) is 14.0. The molecule has 6 nitrogen and oxygen atoms in total. The Bertz CT molecular complexity index is 890.